The number of hydrogen-bond acceptors (Lipinski definition) is 2. The third kappa shape index (κ3) is 4.34. The van der Waals surface area contributed by atoms with Crippen LogP contribution in [-0.4, -0.2) is 23.7 Å². The molecule has 1 fully saturated rings. The van der Waals surface area contributed by atoms with E-state index in [1.807, 2.05) is 62.5 Å². The number of nitrogens with zero attached hydrogens (tertiary/aromatic N) is 1. The molecule has 4 nitrogen and oxygen atoms in total. The quantitative estimate of drug-likeness (QED) is 0.613. The Labute approximate surface area is 176 Å². The second-order valence-electron chi connectivity index (χ2n) is 8.35. The van der Waals surface area contributed by atoms with E-state index in [2.05, 4.69) is 16.0 Å². The lowest BCUT2D eigenvalue weighted by Crippen LogP contribution is -2.40. The number of benzene rings is 2. The molecule has 0 aliphatic carbocycles. The number of carbonyl (C=O) groups is 1. The molecule has 152 valence electrons. The summed E-state index contributed by atoms with van der Waals surface area (Å²) in [6.45, 7) is 6.58. The second-order valence-corrected chi connectivity index (χ2v) is 8.79. The van der Waals surface area contributed by atoms with Crippen molar-refractivity contribution < 1.29 is 9.53 Å². The Kier molecular flexibility index (Phi) is 5.66. The van der Waals surface area contributed by atoms with Crippen molar-refractivity contribution in [2.75, 3.05) is 13.2 Å². The maximum atomic E-state index is 13.2. The summed E-state index contributed by atoms with van der Waals surface area (Å²) in [6, 6.07) is 15.8. The Morgan fingerprint density at radius 2 is 1.83 bits per heavy atom. The topological polar surface area (TPSA) is 43.3 Å². The van der Waals surface area contributed by atoms with Gasteiger partial charge < -0.3 is 14.6 Å². The van der Waals surface area contributed by atoms with Gasteiger partial charge in [-0.2, -0.15) is 0 Å². The van der Waals surface area contributed by atoms with Crippen LogP contribution in [0.5, 0.6) is 0 Å². The normalized spacial score (nSPS) is 15.6. The minimum Gasteiger partial charge on any atom is -0.381 e. The van der Waals surface area contributed by atoms with Crippen LogP contribution in [0.2, 0.25) is 5.02 Å². The first-order valence-corrected chi connectivity index (χ1v) is 10.6. The van der Waals surface area contributed by atoms with Crippen molar-refractivity contribution >= 4 is 28.4 Å². The molecule has 3 aromatic rings. The van der Waals surface area contributed by atoms with Crippen molar-refractivity contribution in [2.45, 2.75) is 38.8 Å². The van der Waals surface area contributed by atoms with Gasteiger partial charge in [-0.1, -0.05) is 41.9 Å². The summed E-state index contributed by atoms with van der Waals surface area (Å²) in [6.07, 6.45) is 4.14. The zero-order chi connectivity index (χ0) is 20.4. The average molecular weight is 411 g/mol. The molecule has 0 radical (unpaired) electrons. The van der Waals surface area contributed by atoms with Gasteiger partial charge >= 0.3 is 0 Å². The van der Waals surface area contributed by atoms with Crippen LogP contribution in [-0.2, 0) is 16.8 Å². The zero-order valence-corrected chi connectivity index (χ0v) is 17.7. The number of amides is 1. The van der Waals surface area contributed by atoms with Crippen LogP contribution in [0, 0.1) is 5.92 Å². The predicted octanol–water partition coefficient (Wildman–Crippen LogP) is 5.39. The third-order valence-corrected chi connectivity index (χ3v) is 6.07. The van der Waals surface area contributed by atoms with Gasteiger partial charge in [0, 0.05) is 41.9 Å². The van der Waals surface area contributed by atoms with Crippen molar-refractivity contribution in [3.63, 3.8) is 0 Å². The fraction of sp³-hybridized carbons (Fsp3) is 0.375. The average Bonchev–Trinajstić information content (AvgIpc) is 3.08. The molecule has 0 atom stereocenters. The van der Waals surface area contributed by atoms with Crippen LogP contribution in [0.1, 0.15) is 42.6 Å². The highest BCUT2D eigenvalue weighted by atomic mass is 35.5. The minimum absolute atomic E-state index is 0.0631. The molecule has 0 bridgehead atoms. The largest absolute Gasteiger partial charge is 0.381 e. The highest BCUT2D eigenvalue weighted by molar-refractivity contribution is 6.30. The van der Waals surface area contributed by atoms with Gasteiger partial charge in [0.05, 0.1) is 11.1 Å². The van der Waals surface area contributed by atoms with Gasteiger partial charge in [-0.15, -0.1) is 0 Å². The van der Waals surface area contributed by atoms with Crippen molar-refractivity contribution in [1.29, 1.82) is 0 Å². The van der Waals surface area contributed by atoms with Gasteiger partial charge in [0.15, 0.2) is 0 Å². The fourth-order valence-corrected chi connectivity index (χ4v) is 4.20. The van der Waals surface area contributed by atoms with Crippen LogP contribution < -0.4 is 5.32 Å². The number of aromatic nitrogens is 1. The number of ether oxygens (including phenoxy) is 1. The van der Waals surface area contributed by atoms with Gasteiger partial charge in [-0.3, -0.25) is 4.79 Å². The van der Waals surface area contributed by atoms with Crippen molar-refractivity contribution in [1.82, 2.24) is 9.88 Å². The van der Waals surface area contributed by atoms with Gasteiger partial charge in [0.2, 0.25) is 0 Å². The van der Waals surface area contributed by atoms with E-state index in [0.717, 1.165) is 54.6 Å². The number of para-hydroxylation sites is 1. The molecule has 1 amide bonds. The molecule has 2 heterocycles. The Morgan fingerprint density at radius 1 is 1.14 bits per heavy atom. The van der Waals surface area contributed by atoms with Crippen LogP contribution in [0.25, 0.3) is 10.9 Å². The number of carbonyl (C=O) groups excluding carboxylic acids is 1. The molecule has 1 aliphatic heterocycles. The SMILES string of the molecule is CC(C)(NC(=O)c1cn(CC2CCOCC2)c2ccccc12)c1ccc(Cl)cc1. The fourth-order valence-electron chi connectivity index (χ4n) is 4.08. The van der Waals surface area contributed by atoms with E-state index in [0.29, 0.717) is 10.9 Å². The lowest BCUT2D eigenvalue weighted by molar-refractivity contribution is 0.0616. The third-order valence-electron chi connectivity index (χ3n) is 5.82. The summed E-state index contributed by atoms with van der Waals surface area (Å²) in [5.74, 6) is 0.521. The maximum Gasteiger partial charge on any atom is 0.254 e. The number of halogens is 1. The van der Waals surface area contributed by atoms with Crippen molar-refractivity contribution in [3.8, 4) is 0 Å². The summed E-state index contributed by atoms with van der Waals surface area (Å²) in [4.78, 5) is 13.2. The number of hydrogen-bond donors (Lipinski definition) is 1. The van der Waals surface area contributed by atoms with E-state index in [9.17, 15) is 4.79 Å². The molecule has 2 aromatic carbocycles. The lowest BCUT2D eigenvalue weighted by Gasteiger charge is -2.27. The standard InChI is InChI=1S/C24H27ClN2O2/c1-24(2,18-7-9-19(25)10-8-18)26-23(28)21-16-27(15-17-11-13-29-14-12-17)22-6-4-3-5-20(21)22/h3-10,16-17H,11-15H2,1-2H3,(H,26,28). The van der Waals surface area contributed by atoms with E-state index in [1.165, 1.54) is 0 Å². The summed E-state index contributed by atoms with van der Waals surface area (Å²) in [7, 11) is 0. The molecule has 1 N–H and O–H groups in total. The van der Waals surface area contributed by atoms with E-state index in [-0.39, 0.29) is 5.91 Å². The van der Waals surface area contributed by atoms with Crippen LogP contribution in [0.4, 0.5) is 0 Å². The van der Waals surface area contributed by atoms with Crippen LogP contribution in [0.3, 0.4) is 0 Å². The first-order valence-electron chi connectivity index (χ1n) is 10.2. The van der Waals surface area contributed by atoms with Crippen molar-refractivity contribution in [2.24, 2.45) is 5.92 Å². The number of rotatable bonds is 5. The molecule has 0 unspecified atom stereocenters. The Hall–Kier alpha value is -2.30. The van der Waals surface area contributed by atoms with E-state index < -0.39 is 5.54 Å². The Morgan fingerprint density at radius 3 is 2.55 bits per heavy atom. The number of nitrogens with one attached hydrogen (secondary N) is 1. The summed E-state index contributed by atoms with van der Waals surface area (Å²) < 4.78 is 7.72. The van der Waals surface area contributed by atoms with Gasteiger partial charge in [0.25, 0.3) is 5.91 Å². The van der Waals surface area contributed by atoms with Gasteiger partial charge in [-0.05, 0) is 56.4 Å². The minimum atomic E-state index is -0.508. The van der Waals surface area contributed by atoms with E-state index >= 15 is 0 Å². The molecule has 0 saturated carbocycles. The Bertz CT molecular complexity index is 1000. The molecule has 29 heavy (non-hydrogen) atoms. The van der Waals surface area contributed by atoms with Crippen molar-refractivity contribution in [3.05, 3.63) is 70.9 Å². The van der Waals surface area contributed by atoms with Gasteiger partial charge in [0.1, 0.15) is 0 Å². The van der Waals surface area contributed by atoms with Crippen LogP contribution in [0.15, 0.2) is 54.7 Å². The molecule has 1 aliphatic rings. The number of fused-ring (bicyclic) bond motifs is 1. The summed E-state index contributed by atoms with van der Waals surface area (Å²) in [5, 5.41) is 4.88. The molecular formula is C24H27ClN2O2. The zero-order valence-electron chi connectivity index (χ0n) is 17.0. The summed E-state index contributed by atoms with van der Waals surface area (Å²) in [5.41, 5.74) is 2.33. The lowest BCUT2D eigenvalue weighted by atomic mass is 9.94. The molecule has 5 heteroatoms. The Balaban J connectivity index is 1.61. The van der Waals surface area contributed by atoms with E-state index in [1.54, 1.807) is 0 Å². The molecular weight excluding hydrogens is 384 g/mol. The van der Waals surface area contributed by atoms with Gasteiger partial charge in [-0.25, -0.2) is 0 Å². The highest BCUT2D eigenvalue weighted by Gasteiger charge is 2.26. The monoisotopic (exact) mass is 410 g/mol. The summed E-state index contributed by atoms with van der Waals surface area (Å²) >= 11 is 6.01. The molecule has 4 rings (SSSR count). The predicted molar refractivity (Wildman–Crippen MR) is 117 cm³/mol. The van der Waals surface area contributed by atoms with E-state index in [4.69, 9.17) is 16.3 Å². The highest BCUT2D eigenvalue weighted by Crippen LogP contribution is 2.27. The smallest absolute Gasteiger partial charge is 0.254 e. The first-order chi connectivity index (χ1) is 13.9. The molecule has 1 aromatic heterocycles. The molecule has 1 saturated heterocycles. The molecule has 0 spiro atoms. The van der Waals surface area contributed by atoms with Crippen LogP contribution >= 0.6 is 11.6 Å². The first kappa shape index (κ1) is 20.0. The maximum absolute atomic E-state index is 13.2. The second kappa shape index (κ2) is 8.21.